The minimum atomic E-state index is -3.94. The Bertz CT molecular complexity index is 629. The Kier molecular flexibility index (Phi) is 3.98. The summed E-state index contributed by atoms with van der Waals surface area (Å²) in [6, 6.07) is 3.81. The summed E-state index contributed by atoms with van der Waals surface area (Å²) >= 11 is 0. The number of anilines is 1. The standard InChI is InChI=1S/C12H16N2O5S/c13-20(18,19)9-1-2-11(10(5-9)12(16)17)14-4-3-8(6-14)7-15/h1-2,5,8,15H,3-4,6-7H2,(H,16,17)(H2,13,18,19). The number of carboxylic acids is 1. The molecule has 0 aliphatic carbocycles. The smallest absolute Gasteiger partial charge is 0.337 e. The zero-order chi connectivity index (χ0) is 14.9. The number of primary sulfonamides is 1. The lowest BCUT2D eigenvalue weighted by atomic mass is 10.1. The van der Waals surface area contributed by atoms with Crippen molar-refractivity contribution in [2.75, 3.05) is 24.6 Å². The topological polar surface area (TPSA) is 121 Å². The van der Waals surface area contributed by atoms with E-state index in [1.165, 1.54) is 12.1 Å². The molecule has 110 valence electrons. The number of nitrogens with two attached hydrogens (primary N) is 1. The normalized spacial score (nSPS) is 19.3. The van der Waals surface area contributed by atoms with Crippen LogP contribution in [-0.2, 0) is 10.0 Å². The number of benzene rings is 1. The van der Waals surface area contributed by atoms with Crippen LogP contribution in [-0.4, -0.2) is 44.3 Å². The summed E-state index contributed by atoms with van der Waals surface area (Å²) in [5.74, 6) is -1.10. The molecule has 8 heteroatoms. The highest BCUT2D eigenvalue weighted by atomic mass is 32.2. The van der Waals surface area contributed by atoms with Gasteiger partial charge in [0.05, 0.1) is 16.1 Å². The quantitative estimate of drug-likeness (QED) is 0.711. The second-order valence-corrected chi connectivity index (χ2v) is 6.37. The molecule has 4 N–H and O–H groups in total. The van der Waals surface area contributed by atoms with Crippen molar-refractivity contribution in [1.29, 1.82) is 0 Å². The fourth-order valence-electron chi connectivity index (χ4n) is 2.34. The van der Waals surface area contributed by atoms with Gasteiger partial charge in [0, 0.05) is 25.6 Å². The van der Waals surface area contributed by atoms with Gasteiger partial charge in [-0.1, -0.05) is 0 Å². The third kappa shape index (κ3) is 2.92. The summed E-state index contributed by atoms with van der Waals surface area (Å²) in [4.78, 5) is 12.9. The molecule has 1 atom stereocenters. The first kappa shape index (κ1) is 14.8. The lowest BCUT2D eigenvalue weighted by Crippen LogP contribution is -2.23. The molecule has 1 aliphatic heterocycles. The largest absolute Gasteiger partial charge is 0.478 e. The summed E-state index contributed by atoms with van der Waals surface area (Å²) in [5.41, 5.74) is 0.343. The molecule has 0 amide bonds. The van der Waals surface area contributed by atoms with Crippen molar-refractivity contribution >= 4 is 21.7 Å². The fraction of sp³-hybridized carbons (Fsp3) is 0.417. The van der Waals surface area contributed by atoms with Gasteiger partial charge < -0.3 is 15.1 Å². The summed E-state index contributed by atoms with van der Waals surface area (Å²) in [6.45, 7) is 1.22. The molecule has 1 aromatic carbocycles. The van der Waals surface area contributed by atoms with Crippen LogP contribution >= 0.6 is 0 Å². The molecule has 1 unspecified atom stereocenters. The van der Waals surface area contributed by atoms with Crippen molar-refractivity contribution in [2.24, 2.45) is 11.1 Å². The van der Waals surface area contributed by atoms with Crippen molar-refractivity contribution in [3.8, 4) is 0 Å². The molecule has 1 saturated heterocycles. The first-order chi connectivity index (χ1) is 9.32. The lowest BCUT2D eigenvalue weighted by molar-refractivity contribution is 0.0697. The van der Waals surface area contributed by atoms with Crippen LogP contribution in [0.15, 0.2) is 23.1 Å². The highest BCUT2D eigenvalue weighted by Gasteiger charge is 2.26. The van der Waals surface area contributed by atoms with E-state index in [9.17, 15) is 18.3 Å². The summed E-state index contributed by atoms with van der Waals surface area (Å²) in [6.07, 6.45) is 0.770. The van der Waals surface area contributed by atoms with Crippen LogP contribution in [0.3, 0.4) is 0 Å². The van der Waals surface area contributed by atoms with Crippen LogP contribution in [0, 0.1) is 5.92 Å². The molecule has 7 nitrogen and oxygen atoms in total. The average Bonchev–Trinajstić information content (AvgIpc) is 2.85. The maximum absolute atomic E-state index is 11.3. The Labute approximate surface area is 116 Å². The van der Waals surface area contributed by atoms with Gasteiger partial charge in [0.2, 0.25) is 10.0 Å². The number of hydrogen-bond donors (Lipinski definition) is 3. The van der Waals surface area contributed by atoms with Gasteiger partial charge in [0.15, 0.2) is 0 Å². The zero-order valence-electron chi connectivity index (χ0n) is 10.7. The van der Waals surface area contributed by atoms with Gasteiger partial charge in [-0.2, -0.15) is 0 Å². The van der Waals surface area contributed by atoms with Crippen molar-refractivity contribution in [1.82, 2.24) is 0 Å². The monoisotopic (exact) mass is 300 g/mol. The minimum Gasteiger partial charge on any atom is -0.478 e. The molecule has 1 aromatic rings. The van der Waals surface area contributed by atoms with Gasteiger partial charge in [0.1, 0.15) is 0 Å². The Morgan fingerprint density at radius 1 is 1.45 bits per heavy atom. The van der Waals surface area contributed by atoms with Gasteiger partial charge >= 0.3 is 5.97 Å². The van der Waals surface area contributed by atoms with E-state index in [0.717, 1.165) is 12.5 Å². The van der Waals surface area contributed by atoms with E-state index < -0.39 is 16.0 Å². The van der Waals surface area contributed by atoms with Crippen LogP contribution in [0.25, 0.3) is 0 Å². The van der Waals surface area contributed by atoms with Crippen LogP contribution in [0.4, 0.5) is 5.69 Å². The van der Waals surface area contributed by atoms with Crippen molar-refractivity contribution < 1.29 is 23.4 Å². The summed E-state index contributed by atoms with van der Waals surface area (Å²) in [7, 11) is -3.94. The third-order valence-corrected chi connectivity index (χ3v) is 4.32. The molecule has 0 bridgehead atoms. The molecule has 1 aliphatic rings. The van der Waals surface area contributed by atoms with E-state index >= 15 is 0 Å². The van der Waals surface area contributed by atoms with Crippen LogP contribution in [0.5, 0.6) is 0 Å². The summed E-state index contributed by atoms with van der Waals surface area (Å²) in [5, 5.41) is 23.4. The number of sulfonamides is 1. The Balaban J connectivity index is 2.42. The fourth-order valence-corrected chi connectivity index (χ4v) is 2.88. The van der Waals surface area contributed by atoms with E-state index in [1.54, 1.807) is 0 Å². The maximum atomic E-state index is 11.3. The van der Waals surface area contributed by atoms with Crippen LogP contribution < -0.4 is 10.0 Å². The molecule has 2 rings (SSSR count). The third-order valence-electron chi connectivity index (χ3n) is 3.41. The van der Waals surface area contributed by atoms with Gasteiger partial charge in [-0.25, -0.2) is 18.4 Å². The highest BCUT2D eigenvalue weighted by Crippen LogP contribution is 2.28. The molecule has 0 saturated carbocycles. The molecule has 1 heterocycles. The van der Waals surface area contributed by atoms with E-state index in [1.807, 2.05) is 4.90 Å². The van der Waals surface area contributed by atoms with Crippen molar-refractivity contribution in [2.45, 2.75) is 11.3 Å². The van der Waals surface area contributed by atoms with Crippen LogP contribution in [0.1, 0.15) is 16.8 Å². The molecule has 0 aromatic heterocycles. The van der Waals surface area contributed by atoms with E-state index in [0.29, 0.717) is 18.8 Å². The lowest BCUT2D eigenvalue weighted by Gasteiger charge is -2.21. The first-order valence-electron chi connectivity index (χ1n) is 6.09. The van der Waals surface area contributed by atoms with Crippen LogP contribution in [0.2, 0.25) is 0 Å². The number of aliphatic hydroxyl groups excluding tert-OH is 1. The van der Waals surface area contributed by atoms with Crippen molar-refractivity contribution in [3.63, 3.8) is 0 Å². The van der Waals surface area contributed by atoms with Gasteiger partial charge in [-0.15, -0.1) is 0 Å². The van der Waals surface area contributed by atoms with E-state index in [4.69, 9.17) is 10.2 Å². The minimum absolute atomic E-state index is 0.0498. The van der Waals surface area contributed by atoms with Gasteiger partial charge in [-0.3, -0.25) is 0 Å². The Hall–Kier alpha value is -1.64. The molecule has 1 fully saturated rings. The second-order valence-electron chi connectivity index (χ2n) is 4.81. The number of carbonyl (C=O) groups is 1. The number of rotatable bonds is 4. The SMILES string of the molecule is NS(=O)(=O)c1ccc(N2CCC(CO)C2)c(C(=O)O)c1. The average molecular weight is 300 g/mol. The second kappa shape index (κ2) is 5.39. The Morgan fingerprint density at radius 3 is 2.65 bits per heavy atom. The number of nitrogens with zero attached hydrogens (tertiary/aromatic N) is 1. The predicted octanol–water partition coefficient (Wildman–Crippen LogP) is -0.149. The number of aliphatic hydroxyl groups is 1. The first-order valence-corrected chi connectivity index (χ1v) is 7.63. The molecule has 0 radical (unpaired) electrons. The predicted molar refractivity (Wildman–Crippen MR) is 72.2 cm³/mol. The molecule has 20 heavy (non-hydrogen) atoms. The zero-order valence-corrected chi connectivity index (χ0v) is 11.5. The van der Waals surface area contributed by atoms with Gasteiger partial charge in [0.25, 0.3) is 0 Å². The van der Waals surface area contributed by atoms with E-state index in [-0.39, 0.29) is 23.0 Å². The van der Waals surface area contributed by atoms with E-state index in [2.05, 4.69) is 0 Å². The maximum Gasteiger partial charge on any atom is 0.337 e. The molecular formula is C12H16N2O5S. The molecule has 0 spiro atoms. The number of aromatic carboxylic acids is 1. The number of carboxylic acid groups (broad SMARTS) is 1. The van der Waals surface area contributed by atoms with Crippen molar-refractivity contribution in [3.05, 3.63) is 23.8 Å². The number of hydrogen-bond acceptors (Lipinski definition) is 5. The molecular weight excluding hydrogens is 284 g/mol. The van der Waals surface area contributed by atoms with Gasteiger partial charge in [-0.05, 0) is 24.6 Å². The summed E-state index contributed by atoms with van der Waals surface area (Å²) < 4.78 is 22.6. The highest BCUT2D eigenvalue weighted by molar-refractivity contribution is 7.89. The Morgan fingerprint density at radius 2 is 2.15 bits per heavy atom.